The van der Waals surface area contributed by atoms with Gasteiger partial charge < -0.3 is 9.63 Å². The second-order valence-electron chi connectivity index (χ2n) is 10.1. The number of aliphatic hydroxyl groups is 1. The van der Waals surface area contributed by atoms with E-state index in [0.717, 1.165) is 30.4 Å². The molecule has 4 aliphatic rings. The zero-order valence-corrected chi connectivity index (χ0v) is 16.1. The molecule has 1 heterocycles. The van der Waals surface area contributed by atoms with Crippen molar-refractivity contribution in [2.75, 3.05) is 0 Å². The molecular weight excluding hydrogens is 310 g/mol. The summed E-state index contributed by atoms with van der Waals surface area (Å²) < 4.78 is 5.57. The topological polar surface area (TPSA) is 46.3 Å². The van der Waals surface area contributed by atoms with Crippen LogP contribution >= 0.6 is 0 Å². The molecule has 0 bridgehead atoms. The zero-order chi connectivity index (χ0) is 17.6. The molecule has 0 unspecified atom stereocenters. The average molecular weight is 341 g/mol. The lowest BCUT2D eigenvalue weighted by molar-refractivity contribution is -0.116. The molecule has 0 saturated heterocycles. The first kappa shape index (κ1) is 16.1. The lowest BCUT2D eigenvalue weighted by Gasteiger charge is -2.59. The Kier molecular flexibility index (Phi) is 3.09. The van der Waals surface area contributed by atoms with Gasteiger partial charge in [-0.25, -0.2) is 0 Å². The number of allylic oxidation sites excluding steroid dienone is 2. The van der Waals surface area contributed by atoms with E-state index in [9.17, 15) is 5.11 Å². The van der Waals surface area contributed by atoms with E-state index in [1.165, 1.54) is 43.2 Å². The summed E-state index contributed by atoms with van der Waals surface area (Å²) in [5, 5.41) is 15.1. The first-order chi connectivity index (χ1) is 11.8. The molecule has 3 nitrogen and oxygen atoms in total. The molecule has 3 saturated carbocycles. The minimum absolute atomic E-state index is 0.109. The summed E-state index contributed by atoms with van der Waals surface area (Å²) in [4.78, 5) is 0. The molecule has 0 aliphatic heterocycles. The van der Waals surface area contributed by atoms with Crippen molar-refractivity contribution in [2.24, 2.45) is 28.6 Å². The number of hydrogen-bond acceptors (Lipinski definition) is 3. The van der Waals surface area contributed by atoms with Crippen LogP contribution in [0.15, 0.2) is 16.3 Å². The van der Waals surface area contributed by atoms with Crippen molar-refractivity contribution in [2.45, 2.75) is 78.2 Å². The molecule has 5 rings (SSSR count). The van der Waals surface area contributed by atoms with E-state index in [1.807, 2.05) is 6.20 Å². The second-order valence-corrected chi connectivity index (χ2v) is 10.1. The molecule has 4 aliphatic carbocycles. The van der Waals surface area contributed by atoms with Gasteiger partial charge >= 0.3 is 0 Å². The molecule has 1 aromatic heterocycles. The Bertz CT molecular complexity index is 760. The van der Waals surface area contributed by atoms with Gasteiger partial charge in [-0.3, -0.25) is 0 Å². The molecule has 0 amide bonds. The molecular formula is C22H31NO2. The van der Waals surface area contributed by atoms with Crippen LogP contribution in [0.5, 0.6) is 0 Å². The highest BCUT2D eigenvalue weighted by molar-refractivity contribution is 5.69. The van der Waals surface area contributed by atoms with Crippen LogP contribution in [0.1, 0.15) is 77.5 Å². The van der Waals surface area contributed by atoms with Gasteiger partial charge in [0.15, 0.2) is 5.76 Å². The Morgan fingerprint density at radius 3 is 2.68 bits per heavy atom. The summed E-state index contributed by atoms with van der Waals surface area (Å²) in [6, 6.07) is 0. The SMILES string of the molecule is CC1=C2CC[C@H]3[C@H]4CC[C@](C)(O)[C@]4(C)CC[C@@H]3[C@]2(C)Cc2cnoc21. The van der Waals surface area contributed by atoms with Crippen molar-refractivity contribution in [3.05, 3.63) is 23.1 Å². The highest BCUT2D eigenvalue weighted by Gasteiger charge is 2.62. The van der Waals surface area contributed by atoms with E-state index >= 15 is 0 Å². The van der Waals surface area contributed by atoms with Gasteiger partial charge in [-0.15, -0.1) is 0 Å². The Balaban J connectivity index is 1.57. The van der Waals surface area contributed by atoms with Gasteiger partial charge in [0.25, 0.3) is 0 Å². The summed E-state index contributed by atoms with van der Waals surface area (Å²) in [6.07, 6.45) is 10.1. The first-order valence-electron chi connectivity index (χ1n) is 10.1. The van der Waals surface area contributed by atoms with Gasteiger partial charge in [0.2, 0.25) is 0 Å². The van der Waals surface area contributed by atoms with Gasteiger partial charge in [-0.05, 0) is 93.0 Å². The lowest BCUT2D eigenvalue weighted by Crippen LogP contribution is -2.54. The molecule has 3 fully saturated rings. The highest BCUT2D eigenvalue weighted by atomic mass is 16.5. The number of fused-ring (bicyclic) bond motifs is 6. The molecule has 3 heteroatoms. The predicted molar refractivity (Wildman–Crippen MR) is 97.8 cm³/mol. The molecule has 0 spiro atoms. The fourth-order valence-corrected chi connectivity index (χ4v) is 7.63. The van der Waals surface area contributed by atoms with E-state index < -0.39 is 5.60 Å². The van der Waals surface area contributed by atoms with Crippen molar-refractivity contribution in [1.29, 1.82) is 0 Å². The van der Waals surface area contributed by atoms with E-state index in [4.69, 9.17) is 4.52 Å². The molecule has 1 aromatic rings. The van der Waals surface area contributed by atoms with Gasteiger partial charge in [0.1, 0.15) is 0 Å². The summed E-state index contributed by atoms with van der Waals surface area (Å²) in [7, 11) is 0. The quantitative estimate of drug-likeness (QED) is 0.722. The molecule has 0 aromatic carbocycles. The summed E-state index contributed by atoms with van der Waals surface area (Å²) in [6.45, 7) is 9.22. The normalized spacial score (nSPS) is 48.6. The molecule has 25 heavy (non-hydrogen) atoms. The number of aromatic nitrogens is 1. The van der Waals surface area contributed by atoms with E-state index in [-0.39, 0.29) is 10.8 Å². The maximum absolute atomic E-state index is 11.1. The number of rotatable bonds is 0. The first-order valence-corrected chi connectivity index (χ1v) is 10.1. The van der Waals surface area contributed by atoms with E-state index in [2.05, 4.69) is 32.9 Å². The predicted octanol–water partition coefficient (Wildman–Crippen LogP) is 5.00. The Hall–Kier alpha value is -1.09. The number of hydrogen-bond donors (Lipinski definition) is 1. The van der Waals surface area contributed by atoms with E-state index in [1.54, 1.807) is 5.57 Å². The fourth-order valence-electron chi connectivity index (χ4n) is 7.63. The highest BCUT2D eigenvalue weighted by Crippen LogP contribution is 2.67. The molecule has 6 atom stereocenters. The monoisotopic (exact) mass is 341 g/mol. The van der Waals surface area contributed by atoms with Crippen LogP contribution in [0.2, 0.25) is 0 Å². The maximum Gasteiger partial charge on any atom is 0.165 e. The van der Waals surface area contributed by atoms with Gasteiger partial charge in [-0.1, -0.05) is 24.6 Å². The van der Waals surface area contributed by atoms with Crippen LogP contribution in [0.25, 0.3) is 5.57 Å². The Morgan fingerprint density at radius 1 is 1.12 bits per heavy atom. The van der Waals surface area contributed by atoms with Crippen LogP contribution in [0, 0.1) is 28.6 Å². The average Bonchev–Trinajstić information content (AvgIpc) is 3.10. The van der Waals surface area contributed by atoms with Crippen LogP contribution in [0.4, 0.5) is 0 Å². The van der Waals surface area contributed by atoms with Crippen LogP contribution < -0.4 is 0 Å². The number of nitrogens with zero attached hydrogens (tertiary/aromatic N) is 1. The minimum Gasteiger partial charge on any atom is -0.390 e. The minimum atomic E-state index is -0.482. The lowest BCUT2D eigenvalue weighted by atomic mass is 9.46. The molecule has 136 valence electrons. The smallest absolute Gasteiger partial charge is 0.165 e. The van der Waals surface area contributed by atoms with Crippen molar-refractivity contribution in [3.63, 3.8) is 0 Å². The van der Waals surface area contributed by atoms with Gasteiger partial charge in [0, 0.05) is 5.56 Å². The van der Waals surface area contributed by atoms with Crippen molar-refractivity contribution >= 4 is 5.57 Å². The fraction of sp³-hybridized carbons (Fsp3) is 0.773. The summed E-state index contributed by atoms with van der Waals surface area (Å²) >= 11 is 0. The third-order valence-corrected chi connectivity index (χ3v) is 9.23. The molecule has 0 radical (unpaired) electrons. The van der Waals surface area contributed by atoms with Gasteiger partial charge in [0.05, 0.1) is 11.8 Å². The summed E-state index contributed by atoms with van der Waals surface area (Å²) in [5.74, 6) is 3.22. The van der Waals surface area contributed by atoms with E-state index in [0.29, 0.717) is 5.92 Å². The van der Waals surface area contributed by atoms with Crippen LogP contribution in [-0.2, 0) is 6.42 Å². The van der Waals surface area contributed by atoms with Crippen LogP contribution in [0.3, 0.4) is 0 Å². The standard InChI is InChI=1S/C22H31NO2/c1-13-16-6-5-15-17(20(16,2)11-14-12-23-25-19(13)14)7-9-21(3)18(15)8-10-22(21,4)24/h12,15,17-18,24H,5-11H2,1-4H3/t15-,17+,18-,20-,21-,22+/m1/s1. The zero-order valence-electron chi connectivity index (χ0n) is 16.1. The summed E-state index contributed by atoms with van der Waals surface area (Å²) in [5.41, 5.74) is 4.16. The van der Waals surface area contributed by atoms with Crippen molar-refractivity contribution in [1.82, 2.24) is 5.16 Å². The second kappa shape index (κ2) is 4.79. The Labute approximate surface area is 150 Å². The van der Waals surface area contributed by atoms with Crippen molar-refractivity contribution < 1.29 is 9.63 Å². The third kappa shape index (κ3) is 1.83. The van der Waals surface area contributed by atoms with Crippen molar-refractivity contribution in [3.8, 4) is 0 Å². The van der Waals surface area contributed by atoms with Crippen LogP contribution in [-0.4, -0.2) is 15.9 Å². The molecule has 1 N–H and O–H groups in total. The maximum atomic E-state index is 11.1. The van der Waals surface area contributed by atoms with Gasteiger partial charge in [-0.2, -0.15) is 0 Å². The Morgan fingerprint density at radius 2 is 1.88 bits per heavy atom. The largest absolute Gasteiger partial charge is 0.390 e. The third-order valence-electron chi connectivity index (χ3n) is 9.23.